The van der Waals surface area contributed by atoms with Gasteiger partial charge in [-0.1, -0.05) is 41.4 Å². The molecule has 3 aromatic carbocycles. The molecule has 32 heavy (non-hydrogen) atoms. The Labute approximate surface area is 195 Å². The Hall–Kier alpha value is -3.28. The smallest absolute Gasteiger partial charge is 0.300 e. The van der Waals surface area contributed by atoms with Crippen molar-refractivity contribution in [1.29, 1.82) is 0 Å². The second kappa shape index (κ2) is 8.69. The summed E-state index contributed by atoms with van der Waals surface area (Å²) >= 11 is 12.3. The van der Waals surface area contributed by atoms with Gasteiger partial charge in [0.05, 0.1) is 28.8 Å². The van der Waals surface area contributed by atoms with Crippen LogP contribution in [0.4, 0.5) is 5.69 Å². The summed E-state index contributed by atoms with van der Waals surface area (Å²) in [6.07, 6.45) is 0. The average molecular weight is 468 g/mol. The predicted molar refractivity (Wildman–Crippen MR) is 125 cm³/mol. The van der Waals surface area contributed by atoms with Crippen molar-refractivity contribution in [2.45, 2.75) is 13.0 Å². The van der Waals surface area contributed by atoms with E-state index in [2.05, 4.69) is 0 Å². The Morgan fingerprint density at radius 2 is 1.69 bits per heavy atom. The van der Waals surface area contributed by atoms with Crippen LogP contribution >= 0.6 is 23.2 Å². The lowest BCUT2D eigenvalue weighted by molar-refractivity contribution is -0.132. The Morgan fingerprint density at radius 3 is 2.31 bits per heavy atom. The summed E-state index contributed by atoms with van der Waals surface area (Å²) in [4.78, 5) is 27.7. The summed E-state index contributed by atoms with van der Waals surface area (Å²) in [6, 6.07) is 17.8. The number of ketones is 1. The number of halogens is 2. The van der Waals surface area contributed by atoms with Crippen LogP contribution in [-0.2, 0) is 9.59 Å². The molecule has 1 atom stereocenters. The van der Waals surface area contributed by atoms with E-state index in [1.807, 2.05) is 19.1 Å². The second-order valence-electron chi connectivity index (χ2n) is 7.41. The third-order valence-electron chi connectivity index (χ3n) is 5.35. The molecule has 0 bridgehead atoms. The summed E-state index contributed by atoms with van der Waals surface area (Å²) in [5.41, 5.74) is 2.37. The molecule has 0 aliphatic carbocycles. The first-order chi connectivity index (χ1) is 15.3. The quantitative estimate of drug-likeness (QED) is 0.293. The highest BCUT2D eigenvalue weighted by molar-refractivity contribution is 6.51. The zero-order valence-corrected chi connectivity index (χ0v) is 18.8. The summed E-state index contributed by atoms with van der Waals surface area (Å²) in [7, 11) is 1.53. The maximum atomic E-state index is 13.2. The van der Waals surface area contributed by atoms with Gasteiger partial charge in [0.1, 0.15) is 11.5 Å². The predicted octanol–water partition coefficient (Wildman–Crippen LogP) is 5.94. The fraction of sp³-hybridized carbons (Fsp3) is 0.120. The van der Waals surface area contributed by atoms with Crippen molar-refractivity contribution < 1.29 is 19.4 Å². The maximum Gasteiger partial charge on any atom is 0.300 e. The van der Waals surface area contributed by atoms with E-state index < -0.39 is 17.7 Å². The molecule has 1 aliphatic heterocycles. The van der Waals surface area contributed by atoms with Gasteiger partial charge in [0.2, 0.25) is 0 Å². The number of carbonyl (C=O) groups excluding carboxylic acids is 2. The Bertz CT molecular complexity index is 1250. The molecule has 1 heterocycles. The minimum Gasteiger partial charge on any atom is -0.507 e. The fourth-order valence-corrected chi connectivity index (χ4v) is 4.09. The highest BCUT2D eigenvalue weighted by atomic mass is 35.5. The summed E-state index contributed by atoms with van der Waals surface area (Å²) in [5, 5.41) is 11.8. The molecule has 5 nitrogen and oxygen atoms in total. The number of ether oxygens (including phenoxy) is 1. The highest BCUT2D eigenvalue weighted by Crippen LogP contribution is 2.43. The van der Waals surface area contributed by atoms with E-state index in [1.165, 1.54) is 12.0 Å². The molecule has 1 amide bonds. The largest absolute Gasteiger partial charge is 0.507 e. The molecular formula is C25H19Cl2NO4. The van der Waals surface area contributed by atoms with E-state index in [0.717, 1.165) is 5.56 Å². The average Bonchev–Trinajstić information content (AvgIpc) is 3.06. The molecular weight excluding hydrogens is 449 g/mol. The van der Waals surface area contributed by atoms with Gasteiger partial charge in [-0.3, -0.25) is 14.5 Å². The second-order valence-corrected chi connectivity index (χ2v) is 8.22. The first-order valence-electron chi connectivity index (χ1n) is 9.79. The molecule has 0 radical (unpaired) electrons. The van der Waals surface area contributed by atoms with Crippen LogP contribution in [0, 0.1) is 6.92 Å². The van der Waals surface area contributed by atoms with Crippen LogP contribution < -0.4 is 9.64 Å². The molecule has 1 unspecified atom stereocenters. The van der Waals surface area contributed by atoms with Crippen LogP contribution in [0.25, 0.3) is 5.76 Å². The van der Waals surface area contributed by atoms with Crippen LogP contribution in [0.2, 0.25) is 10.0 Å². The lowest BCUT2D eigenvalue weighted by Gasteiger charge is -2.26. The Kier molecular flexibility index (Phi) is 5.96. The molecule has 4 rings (SSSR count). The molecule has 1 saturated heterocycles. The van der Waals surface area contributed by atoms with Crippen LogP contribution in [-0.4, -0.2) is 23.9 Å². The van der Waals surface area contributed by atoms with Gasteiger partial charge in [0, 0.05) is 11.3 Å². The van der Waals surface area contributed by atoms with E-state index in [0.29, 0.717) is 27.6 Å². The fourth-order valence-electron chi connectivity index (χ4n) is 3.78. The van der Waals surface area contributed by atoms with Gasteiger partial charge in [-0.25, -0.2) is 0 Å². The number of rotatable bonds is 4. The van der Waals surface area contributed by atoms with Crippen molar-refractivity contribution in [2.24, 2.45) is 0 Å². The van der Waals surface area contributed by atoms with Crippen molar-refractivity contribution in [2.75, 3.05) is 12.0 Å². The van der Waals surface area contributed by atoms with Gasteiger partial charge in [-0.2, -0.15) is 0 Å². The van der Waals surface area contributed by atoms with Gasteiger partial charge >= 0.3 is 0 Å². The molecule has 1 aliphatic rings. The number of anilines is 1. The monoisotopic (exact) mass is 467 g/mol. The zero-order chi connectivity index (χ0) is 23.0. The van der Waals surface area contributed by atoms with Gasteiger partial charge in [0.25, 0.3) is 11.7 Å². The summed E-state index contributed by atoms with van der Waals surface area (Å²) < 4.78 is 5.16. The number of amides is 1. The lowest BCUT2D eigenvalue weighted by atomic mass is 9.95. The van der Waals surface area contributed by atoms with Gasteiger partial charge in [-0.05, 0) is 66.6 Å². The normalized spacial score (nSPS) is 17.6. The Morgan fingerprint density at radius 1 is 0.969 bits per heavy atom. The minimum atomic E-state index is -0.881. The maximum absolute atomic E-state index is 13.2. The SMILES string of the molecule is COc1ccc(/C(O)=C2/C(=O)C(=O)N(c3cccc(C)c3)C2c2ccc(Cl)c(Cl)c2)cc1. The standard InChI is InChI=1S/C25H19Cl2NO4/c1-14-4-3-5-17(12-14)28-22(16-8-11-19(26)20(27)13-16)21(24(30)25(28)31)23(29)15-6-9-18(32-2)10-7-15/h3-13,22,29H,1-2H3/b23-21-. The number of hydrogen-bond donors (Lipinski definition) is 1. The third kappa shape index (κ3) is 3.85. The number of carbonyl (C=O) groups is 2. The van der Waals surface area contributed by atoms with Crippen molar-refractivity contribution in [1.82, 2.24) is 0 Å². The third-order valence-corrected chi connectivity index (χ3v) is 6.09. The van der Waals surface area contributed by atoms with Crippen molar-refractivity contribution in [3.63, 3.8) is 0 Å². The van der Waals surface area contributed by atoms with Crippen LogP contribution in [0.5, 0.6) is 5.75 Å². The molecule has 0 spiro atoms. The molecule has 1 fully saturated rings. The first kappa shape index (κ1) is 21.9. The van der Waals surface area contributed by atoms with Crippen molar-refractivity contribution >= 4 is 46.3 Å². The number of Topliss-reactive ketones (excluding diaryl/α,β-unsaturated/α-hetero) is 1. The van der Waals surface area contributed by atoms with E-state index >= 15 is 0 Å². The molecule has 162 valence electrons. The minimum absolute atomic E-state index is 0.0277. The summed E-state index contributed by atoms with van der Waals surface area (Å²) in [6.45, 7) is 1.89. The number of nitrogens with zero attached hydrogens (tertiary/aromatic N) is 1. The zero-order valence-electron chi connectivity index (χ0n) is 17.3. The topological polar surface area (TPSA) is 66.8 Å². The lowest BCUT2D eigenvalue weighted by Crippen LogP contribution is -2.29. The number of benzene rings is 3. The van der Waals surface area contributed by atoms with Crippen LogP contribution in [0.15, 0.2) is 72.3 Å². The van der Waals surface area contributed by atoms with E-state index in [-0.39, 0.29) is 16.4 Å². The molecule has 7 heteroatoms. The number of aliphatic hydroxyl groups is 1. The van der Waals surface area contributed by atoms with Crippen molar-refractivity contribution in [3.8, 4) is 5.75 Å². The highest BCUT2D eigenvalue weighted by Gasteiger charge is 2.47. The number of hydrogen-bond acceptors (Lipinski definition) is 4. The molecule has 0 aromatic heterocycles. The molecule has 1 N–H and O–H groups in total. The first-order valence-corrected chi connectivity index (χ1v) is 10.5. The van der Waals surface area contributed by atoms with E-state index in [1.54, 1.807) is 54.6 Å². The van der Waals surface area contributed by atoms with Gasteiger partial charge in [0.15, 0.2) is 0 Å². The van der Waals surface area contributed by atoms with Crippen LogP contribution in [0.1, 0.15) is 22.7 Å². The van der Waals surface area contributed by atoms with Gasteiger partial charge < -0.3 is 9.84 Å². The van der Waals surface area contributed by atoms with Gasteiger partial charge in [-0.15, -0.1) is 0 Å². The number of aryl methyl sites for hydroxylation is 1. The van der Waals surface area contributed by atoms with Crippen LogP contribution in [0.3, 0.4) is 0 Å². The number of aliphatic hydroxyl groups excluding tert-OH is 1. The Balaban J connectivity index is 1.95. The van der Waals surface area contributed by atoms with E-state index in [9.17, 15) is 14.7 Å². The molecule has 0 saturated carbocycles. The summed E-state index contributed by atoms with van der Waals surface area (Å²) in [5.74, 6) is -1.20. The number of methoxy groups -OCH3 is 1. The van der Waals surface area contributed by atoms with Crippen molar-refractivity contribution in [3.05, 3.63) is 99.0 Å². The molecule has 3 aromatic rings. The van der Waals surface area contributed by atoms with E-state index in [4.69, 9.17) is 27.9 Å².